The van der Waals surface area contributed by atoms with Gasteiger partial charge in [-0.05, 0) is 23.3 Å². The maximum absolute atomic E-state index is 12.6. The molecule has 5 rings (SSSR count). The smallest absolute Gasteiger partial charge is 0.261 e. The van der Waals surface area contributed by atoms with Gasteiger partial charge in [0.1, 0.15) is 0 Å². The molecule has 0 spiro atoms. The molecule has 32 heavy (non-hydrogen) atoms. The monoisotopic (exact) mass is 425 g/mol. The molecule has 0 radical (unpaired) electrons. The van der Waals surface area contributed by atoms with E-state index in [0.717, 1.165) is 26.2 Å². The van der Waals surface area contributed by atoms with Gasteiger partial charge in [-0.15, -0.1) is 0 Å². The van der Waals surface area contributed by atoms with E-state index in [1.165, 1.54) is 16.0 Å². The highest BCUT2D eigenvalue weighted by Gasteiger charge is 2.35. The summed E-state index contributed by atoms with van der Waals surface area (Å²) in [6.07, 6.45) is 0. The Hall–Kier alpha value is -3.28. The van der Waals surface area contributed by atoms with E-state index >= 15 is 0 Å². The van der Waals surface area contributed by atoms with E-state index < -0.39 is 0 Å². The maximum atomic E-state index is 12.6. The van der Waals surface area contributed by atoms with Crippen LogP contribution in [0.4, 0.5) is 0 Å². The highest BCUT2D eigenvalue weighted by molar-refractivity contribution is 6.21. The number of fused-ring (bicyclic) bond motifs is 1. The number of benzene rings is 3. The lowest BCUT2D eigenvalue weighted by Crippen LogP contribution is -2.50. The zero-order chi connectivity index (χ0) is 21.9. The van der Waals surface area contributed by atoms with Crippen molar-refractivity contribution in [3.05, 3.63) is 107 Å². The predicted octanol–water partition coefficient (Wildman–Crippen LogP) is 3.69. The number of carbonyl (C=O) groups is 2. The molecule has 0 saturated carbocycles. The van der Waals surface area contributed by atoms with Gasteiger partial charge in [0, 0.05) is 39.3 Å². The van der Waals surface area contributed by atoms with Crippen LogP contribution < -0.4 is 0 Å². The molecule has 5 heteroatoms. The summed E-state index contributed by atoms with van der Waals surface area (Å²) in [5.74, 6) is -0.338. The van der Waals surface area contributed by atoms with E-state index in [0.29, 0.717) is 24.2 Å². The van der Waals surface area contributed by atoms with Gasteiger partial charge in [0.15, 0.2) is 0 Å². The second-order valence-electron chi connectivity index (χ2n) is 8.41. The van der Waals surface area contributed by atoms with Gasteiger partial charge in [-0.25, -0.2) is 0 Å². The van der Waals surface area contributed by atoms with Crippen molar-refractivity contribution in [3.8, 4) is 0 Å². The van der Waals surface area contributed by atoms with E-state index in [1.54, 1.807) is 12.1 Å². The average Bonchev–Trinajstić information content (AvgIpc) is 3.10. The summed E-state index contributed by atoms with van der Waals surface area (Å²) in [5.41, 5.74) is 3.66. The standard InChI is InChI=1S/C27H27N3O2/c31-26-23-13-7-8-14-24(23)27(32)30(26)20-17-28-15-18-29(19-16-28)25(21-9-3-1-4-10-21)22-11-5-2-6-12-22/h1-14,25H,15-20H2. The van der Waals surface area contributed by atoms with Gasteiger partial charge in [-0.2, -0.15) is 0 Å². The summed E-state index contributed by atoms with van der Waals surface area (Å²) in [5, 5.41) is 0. The molecule has 5 nitrogen and oxygen atoms in total. The zero-order valence-corrected chi connectivity index (χ0v) is 18.1. The number of piperazine rings is 1. The normalized spacial score (nSPS) is 17.2. The van der Waals surface area contributed by atoms with Crippen molar-refractivity contribution < 1.29 is 9.59 Å². The van der Waals surface area contributed by atoms with Crippen LogP contribution in [0.3, 0.4) is 0 Å². The number of carbonyl (C=O) groups excluding carboxylic acids is 2. The van der Waals surface area contributed by atoms with Gasteiger partial charge in [0.05, 0.1) is 17.2 Å². The minimum Gasteiger partial charge on any atom is -0.299 e. The van der Waals surface area contributed by atoms with E-state index in [4.69, 9.17) is 0 Å². The summed E-state index contributed by atoms with van der Waals surface area (Å²) in [7, 11) is 0. The molecule has 162 valence electrons. The molecule has 2 aliphatic rings. The fourth-order valence-corrected chi connectivity index (χ4v) is 4.81. The number of amides is 2. The summed E-state index contributed by atoms with van der Waals surface area (Å²) < 4.78 is 0. The second-order valence-corrected chi connectivity index (χ2v) is 8.41. The Morgan fingerprint density at radius 2 is 1.06 bits per heavy atom. The van der Waals surface area contributed by atoms with Crippen molar-refractivity contribution in [1.29, 1.82) is 0 Å². The molecular weight excluding hydrogens is 398 g/mol. The molecule has 0 bridgehead atoms. The molecule has 1 saturated heterocycles. The van der Waals surface area contributed by atoms with Gasteiger partial charge < -0.3 is 0 Å². The molecule has 2 heterocycles. The largest absolute Gasteiger partial charge is 0.299 e. The Balaban J connectivity index is 1.22. The van der Waals surface area contributed by atoms with Crippen molar-refractivity contribution >= 4 is 11.8 Å². The Kier molecular flexibility index (Phi) is 5.84. The van der Waals surface area contributed by atoms with Gasteiger partial charge in [-0.1, -0.05) is 72.8 Å². The fraction of sp³-hybridized carbons (Fsp3) is 0.259. The average molecular weight is 426 g/mol. The van der Waals surface area contributed by atoms with Crippen LogP contribution >= 0.6 is 0 Å². The van der Waals surface area contributed by atoms with Gasteiger partial charge in [-0.3, -0.25) is 24.3 Å². The molecule has 0 atom stereocenters. The van der Waals surface area contributed by atoms with Crippen LogP contribution in [0.25, 0.3) is 0 Å². The lowest BCUT2D eigenvalue weighted by molar-refractivity contribution is 0.0603. The topological polar surface area (TPSA) is 43.9 Å². The minimum absolute atomic E-state index is 0.169. The molecule has 0 aliphatic carbocycles. The highest BCUT2D eigenvalue weighted by atomic mass is 16.2. The van der Waals surface area contributed by atoms with Crippen LogP contribution in [-0.2, 0) is 0 Å². The van der Waals surface area contributed by atoms with Crippen molar-refractivity contribution in [2.45, 2.75) is 6.04 Å². The van der Waals surface area contributed by atoms with Crippen molar-refractivity contribution in [3.63, 3.8) is 0 Å². The number of hydrogen-bond donors (Lipinski definition) is 0. The molecule has 0 unspecified atom stereocenters. The van der Waals surface area contributed by atoms with Crippen molar-refractivity contribution in [2.24, 2.45) is 0 Å². The predicted molar refractivity (Wildman–Crippen MR) is 125 cm³/mol. The maximum Gasteiger partial charge on any atom is 0.261 e. The summed E-state index contributed by atoms with van der Waals surface area (Å²) in [6.45, 7) is 4.86. The molecule has 2 amide bonds. The lowest BCUT2D eigenvalue weighted by Gasteiger charge is -2.40. The zero-order valence-electron chi connectivity index (χ0n) is 18.1. The molecule has 3 aromatic carbocycles. The third kappa shape index (κ3) is 3.97. The number of rotatable bonds is 6. The number of imide groups is 1. The second kappa shape index (κ2) is 9.07. The number of nitrogens with zero attached hydrogens (tertiary/aromatic N) is 3. The van der Waals surface area contributed by atoms with Gasteiger partial charge in [0.2, 0.25) is 0 Å². The molecule has 0 N–H and O–H groups in total. The third-order valence-electron chi connectivity index (χ3n) is 6.52. The minimum atomic E-state index is -0.169. The SMILES string of the molecule is O=C1c2ccccc2C(=O)N1CCN1CCN(C(c2ccccc2)c2ccccc2)CC1. The van der Waals surface area contributed by atoms with E-state index in [9.17, 15) is 9.59 Å². The first-order valence-corrected chi connectivity index (χ1v) is 11.2. The van der Waals surface area contributed by atoms with E-state index in [2.05, 4.69) is 70.5 Å². The van der Waals surface area contributed by atoms with Crippen molar-refractivity contribution in [1.82, 2.24) is 14.7 Å². The van der Waals surface area contributed by atoms with Crippen LogP contribution in [-0.4, -0.2) is 65.8 Å². The number of hydrogen-bond acceptors (Lipinski definition) is 4. The van der Waals surface area contributed by atoms with E-state index in [1.807, 2.05) is 12.1 Å². The van der Waals surface area contributed by atoms with Crippen LogP contribution in [0.5, 0.6) is 0 Å². The summed E-state index contributed by atoms with van der Waals surface area (Å²) in [6, 6.07) is 28.6. The molecule has 3 aromatic rings. The molecule has 0 aromatic heterocycles. The quantitative estimate of drug-likeness (QED) is 0.565. The Labute approximate surface area is 188 Å². The Bertz CT molecular complexity index is 1020. The summed E-state index contributed by atoms with van der Waals surface area (Å²) >= 11 is 0. The first kappa shape index (κ1) is 20.6. The van der Waals surface area contributed by atoms with Crippen LogP contribution in [0.1, 0.15) is 37.9 Å². The fourth-order valence-electron chi connectivity index (χ4n) is 4.81. The Morgan fingerprint density at radius 3 is 1.56 bits per heavy atom. The van der Waals surface area contributed by atoms with E-state index in [-0.39, 0.29) is 17.9 Å². The van der Waals surface area contributed by atoms with Crippen LogP contribution in [0, 0.1) is 0 Å². The molecule has 2 aliphatic heterocycles. The molecular formula is C27H27N3O2. The van der Waals surface area contributed by atoms with Crippen LogP contribution in [0.2, 0.25) is 0 Å². The van der Waals surface area contributed by atoms with Gasteiger partial charge >= 0.3 is 0 Å². The molecule has 1 fully saturated rings. The lowest BCUT2D eigenvalue weighted by atomic mass is 9.96. The Morgan fingerprint density at radius 1 is 0.594 bits per heavy atom. The first-order valence-electron chi connectivity index (χ1n) is 11.2. The van der Waals surface area contributed by atoms with Crippen LogP contribution in [0.15, 0.2) is 84.9 Å². The first-order chi connectivity index (χ1) is 15.7. The summed E-state index contributed by atoms with van der Waals surface area (Å²) in [4.78, 5) is 31.5. The third-order valence-corrected chi connectivity index (χ3v) is 6.52. The van der Waals surface area contributed by atoms with Crippen molar-refractivity contribution in [2.75, 3.05) is 39.3 Å². The highest BCUT2D eigenvalue weighted by Crippen LogP contribution is 2.29. The van der Waals surface area contributed by atoms with Gasteiger partial charge in [0.25, 0.3) is 11.8 Å².